The van der Waals surface area contributed by atoms with Crippen LogP contribution in [-0.4, -0.2) is 13.2 Å². The molecule has 0 aliphatic carbocycles. The van der Waals surface area contributed by atoms with E-state index in [2.05, 4.69) is 51.2 Å². The number of benzene rings is 1. The van der Waals surface area contributed by atoms with Gasteiger partial charge in [-0.1, -0.05) is 18.2 Å². The minimum absolute atomic E-state index is 0.375. The van der Waals surface area contributed by atoms with E-state index in [1.165, 1.54) is 20.9 Å². The summed E-state index contributed by atoms with van der Waals surface area (Å²) in [7, 11) is 1.73. The highest BCUT2D eigenvalue weighted by molar-refractivity contribution is 7.12. The molecule has 3 heteroatoms. The van der Waals surface area contributed by atoms with Gasteiger partial charge in [0.2, 0.25) is 0 Å². The lowest BCUT2D eigenvalue weighted by Gasteiger charge is -2.21. The number of thiophene rings is 1. The monoisotopic (exact) mass is 303 g/mol. The van der Waals surface area contributed by atoms with Gasteiger partial charge in [-0.15, -0.1) is 11.3 Å². The Labute approximate surface area is 132 Å². The van der Waals surface area contributed by atoms with E-state index in [0.29, 0.717) is 12.1 Å². The van der Waals surface area contributed by atoms with Crippen molar-refractivity contribution < 1.29 is 4.74 Å². The smallest absolute Gasteiger partial charge is 0.122 e. The fourth-order valence-electron chi connectivity index (χ4n) is 2.86. The molecule has 0 aliphatic heterocycles. The molecule has 1 aromatic heterocycles. The van der Waals surface area contributed by atoms with Gasteiger partial charge < -0.3 is 10.1 Å². The molecule has 0 fully saturated rings. The summed E-state index contributed by atoms with van der Waals surface area (Å²) in [5.74, 6) is 0.973. The molecule has 2 aromatic rings. The van der Waals surface area contributed by atoms with Crippen LogP contribution >= 0.6 is 11.3 Å². The second-order valence-electron chi connectivity index (χ2n) is 5.67. The summed E-state index contributed by atoms with van der Waals surface area (Å²) in [5, 5.41) is 3.70. The maximum atomic E-state index is 5.43. The molecule has 0 radical (unpaired) electrons. The predicted octanol–water partition coefficient (Wildman–Crippen LogP) is 4.66. The van der Waals surface area contributed by atoms with E-state index in [-0.39, 0.29) is 0 Å². The third-order valence-electron chi connectivity index (χ3n) is 3.80. The summed E-state index contributed by atoms with van der Waals surface area (Å²) in [6, 6.07) is 11.3. The van der Waals surface area contributed by atoms with Crippen LogP contribution in [0, 0.1) is 13.8 Å². The van der Waals surface area contributed by atoms with E-state index in [1.807, 2.05) is 23.5 Å². The van der Waals surface area contributed by atoms with E-state index in [9.17, 15) is 0 Å². The van der Waals surface area contributed by atoms with Gasteiger partial charge in [-0.2, -0.15) is 0 Å². The highest BCUT2D eigenvalue weighted by Crippen LogP contribution is 2.27. The number of ether oxygens (including phenoxy) is 1. The molecule has 1 aromatic carbocycles. The third kappa shape index (κ3) is 4.08. The van der Waals surface area contributed by atoms with Gasteiger partial charge in [-0.05, 0) is 57.4 Å². The molecule has 0 saturated heterocycles. The van der Waals surface area contributed by atoms with Gasteiger partial charge in [-0.25, -0.2) is 0 Å². The van der Waals surface area contributed by atoms with Crippen LogP contribution in [0.3, 0.4) is 0 Å². The first-order chi connectivity index (χ1) is 10.0. The zero-order valence-corrected chi connectivity index (χ0v) is 14.4. The van der Waals surface area contributed by atoms with Crippen molar-refractivity contribution in [3.05, 3.63) is 51.2 Å². The van der Waals surface area contributed by atoms with Gasteiger partial charge in [0.1, 0.15) is 5.75 Å². The summed E-state index contributed by atoms with van der Waals surface area (Å²) >= 11 is 1.87. The SMILES string of the molecule is COc1ccccc1CC(C)NC(C)c1cc(C)sc1C. The van der Waals surface area contributed by atoms with Crippen LogP contribution in [0.2, 0.25) is 0 Å². The molecule has 2 atom stereocenters. The minimum atomic E-state index is 0.375. The Kier molecular flexibility index (Phi) is 5.43. The Morgan fingerprint density at radius 2 is 1.90 bits per heavy atom. The van der Waals surface area contributed by atoms with E-state index in [4.69, 9.17) is 4.74 Å². The molecule has 1 heterocycles. The topological polar surface area (TPSA) is 21.3 Å². The van der Waals surface area contributed by atoms with E-state index < -0.39 is 0 Å². The van der Waals surface area contributed by atoms with Crippen LogP contribution in [0.1, 0.15) is 40.8 Å². The van der Waals surface area contributed by atoms with Gasteiger partial charge in [0.25, 0.3) is 0 Å². The number of hydrogen-bond donors (Lipinski definition) is 1. The number of methoxy groups -OCH3 is 1. The lowest BCUT2D eigenvalue weighted by Crippen LogP contribution is -2.30. The first-order valence-corrected chi connectivity index (χ1v) is 8.27. The first kappa shape index (κ1) is 16.1. The number of rotatable bonds is 6. The Hall–Kier alpha value is -1.32. The molecular formula is C18H25NOS. The molecule has 1 N–H and O–H groups in total. The van der Waals surface area contributed by atoms with Crippen LogP contribution in [0.4, 0.5) is 0 Å². The second-order valence-corrected chi connectivity index (χ2v) is 7.13. The minimum Gasteiger partial charge on any atom is -0.496 e. The lowest BCUT2D eigenvalue weighted by molar-refractivity contribution is 0.403. The van der Waals surface area contributed by atoms with Crippen LogP contribution in [0.5, 0.6) is 5.75 Å². The fourth-order valence-corrected chi connectivity index (χ4v) is 3.88. The van der Waals surface area contributed by atoms with Crippen LogP contribution in [-0.2, 0) is 6.42 Å². The third-order valence-corrected chi connectivity index (χ3v) is 4.78. The fraction of sp³-hybridized carbons (Fsp3) is 0.444. The number of nitrogens with one attached hydrogen (secondary N) is 1. The maximum absolute atomic E-state index is 5.43. The number of hydrogen-bond acceptors (Lipinski definition) is 3. The summed E-state index contributed by atoms with van der Waals surface area (Å²) in [6.07, 6.45) is 0.969. The highest BCUT2D eigenvalue weighted by atomic mass is 32.1. The van der Waals surface area contributed by atoms with Crippen LogP contribution in [0.25, 0.3) is 0 Å². The van der Waals surface area contributed by atoms with Crippen molar-refractivity contribution in [3.63, 3.8) is 0 Å². The normalized spacial score (nSPS) is 14.0. The van der Waals surface area contributed by atoms with Crippen molar-refractivity contribution in [1.29, 1.82) is 0 Å². The first-order valence-electron chi connectivity index (χ1n) is 7.46. The average Bonchev–Trinajstić information content (AvgIpc) is 2.78. The number of para-hydroxylation sites is 1. The van der Waals surface area contributed by atoms with Crippen molar-refractivity contribution in [1.82, 2.24) is 5.32 Å². The molecule has 0 spiro atoms. The summed E-state index contributed by atoms with van der Waals surface area (Å²) in [4.78, 5) is 2.80. The standard InChI is InChI=1S/C18H25NOS/c1-12(10-16-8-6-7-9-18(16)20-5)19-14(3)17-11-13(2)21-15(17)4/h6-9,11-12,14,19H,10H2,1-5H3. The predicted molar refractivity (Wildman–Crippen MR) is 91.5 cm³/mol. The van der Waals surface area contributed by atoms with E-state index in [1.54, 1.807) is 7.11 Å². The van der Waals surface area contributed by atoms with Crippen LogP contribution in [0.15, 0.2) is 30.3 Å². The Morgan fingerprint density at radius 3 is 2.52 bits per heavy atom. The molecule has 114 valence electrons. The molecular weight excluding hydrogens is 278 g/mol. The quantitative estimate of drug-likeness (QED) is 0.838. The van der Waals surface area contributed by atoms with Crippen molar-refractivity contribution in [3.8, 4) is 5.75 Å². The van der Waals surface area contributed by atoms with Gasteiger partial charge in [-0.3, -0.25) is 0 Å². The van der Waals surface area contributed by atoms with Gasteiger partial charge in [0.15, 0.2) is 0 Å². The largest absolute Gasteiger partial charge is 0.496 e. The van der Waals surface area contributed by atoms with Crippen molar-refractivity contribution in [2.75, 3.05) is 7.11 Å². The van der Waals surface area contributed by atoms with Crippen molar-refractivity contribution in [2.45, 2.75) is 46.2 Å². The second kappa shape index (κ2) is 7.10. The van der Waals surface area contributed by atoms with E-state index >= 15 is 0 Å². The summed E-state index contributed by atoms with van der Waals surface area (Å²) in [6.45, 7) is 8.85. The molecule has 21 heavy (non-hydrogen) atoms. The van der Waals surface area contributed by atoms with E-state index in [0.717, 1.165) is 12.2 Å². The lowest BCUT2D eigenvalue weighted by atomic mass is 10.0. The maximum Gasteiger partial charge on any atom is 0.122 e. The molecule has 2 nitrogen and oxygen atoms in total. The Morgan fingerprint density at radius 1 is 1.19 bits per heavy atom. The van der Waals surface area contributed by atoms with Gasteiger partial charge in [0.05, 0.1) is 7.11 Å². The number of aryl methyl sites for hydroxylation is 2. The Balaban J connectivity index is 2.01. The average molecular weight is 303 g/mol. The molecule has 0 amide bonds. The van der Waals surface area contributed by atoms with Crippen molar-refractivity contribution in [2.24, 2.45) is 0 Å². The summed E-state index contributed by atoms with van der Waals surface area (Å²) < 4.78 is 5.43. The molecule has 0 aliphatic rings. The van der Waals surface area contributed by atoms with Crippen molar-refractivity contribution >= 4 is 11.3 Å². The highest BCUT2D eigenvalue weighted by Gasteiger charge is 2.15. The molecule has 0 bridgehead atoms. The van der Waals surface area contributed by atoms with Gasteiger partial charge in [0, 0.05) is 21.8 Å². The summed E-state index contributed by atoms with van der Waals surface area (Å²) in [5.41, 5.74) is 2.68. The zero-order valence-electron chi connectivity index (χ0n) is 13.6. The molecule has 0 saturated carbocycles. The van der Waals surface area contributed by atoms with Gasteiger partial charge >= 0.3 is 0 Å². The Bertz CT molecular complexity index is 591. The molecule has 2 unspecified atom stereocenters. The zero-order chi connectivity index (χ0) is 15.4. The molecule has 2 rings (SSSR count). The van der Waals surface area contributed by atoms with Crippen LogP contribution < -0.4 is 10.1 Å².